The van der Waals surface area contributed by atoms with Crippen LogP contribution in [0.25, 0.3) is 0 Å². The Morgan fingerprint density at radius 1 is 1.22 bits per heavy atom. The van der Waals surface area contributed by atoms with E-state index in [9.17, 15) is 9.59 Å². The van der Waals surface area contributed by atoms with Crippen LogP contribution in [0.4, 0.5) is 10.6 Å². The lowest BCUT2D eigenvalue weighted by atomic mass is 10.1. The van der Waals surface area contributed by atoms with E-state index in [1.54, 1.807) is 4.90 Å². The van der Waals surface area contributed by atoms with E-state index >= 15 is 0 Å². The first kappa shape index (κ1) is 19.4. The molecule has 0 saturated carbocycles. The maximum Gasteiger partial charge on any atom is 0.410 e. The number of piperazine rings is 1. The number of esters is 1. The Labute approximate surface area is 159 Å². The van der Waals surface area contributed by atoms with Crippen LogP contribution in [0.15, 0.2) is 6.33 Å². The molecule has 1 saturated heterocycles. The maximum atomic E-state index is 12.3. The molecular weight excluding hydrogens is 348 g/mol. The molecule has 1 aromatic heterocycles. The molecule has 0 radical (unpaired) electrons. The fourth-order valence-corrected chi connectivity index (χ4v) is 3.67. The number of ether oxygens (including phenoxy) is 2. The van der Waals surface area contributed by atoms with Crippen LogP contribution in [0.3, 0.4) is 0 Å². The van der Waals surface area contributed by atoms with Gasteiger partial charge in [-0.1, -0.05) is 0 Å². The van der Waals surface area contributed by atoms with Crippen molar-refractivity contribution in [2.75, 3.05) is 24.5 Å². The molecule has 1 aliphatic carbocycles. The van der Waals surface area contributed by atoms with Gasteiger partial charge in [-0.25, -0.2) is 14.8 Å². The molecule has 0 aromatic carbocycles. The van der Waals surface area contributed by atoms with Crippen LogP contribution in [-0.4, -0.2) is 58.2 Å². The summed E-state index contributed by atoms with van der Waals surface area (Å²) in [6.45, 7) is 10.9. The topological polar surface area (TPSA) is 84.9 Å². The van der Waals surface area contributed by atoms with E-state index in [-0.39, 0.29) is 24.2 Å². The third-order valence-corrected chi connectivity index (χ3v) is 4.78. The second-order valence-corrected chi connectivity index (χ2v) is 8.17. The molecule has 2 atom stereocenters. The number of anilines is 1. The van der Waals surface area contributed by atoms with E-state index in [1.165, 1.54) is 13.3 Å². The first-order valence-corrected chi connectivity index (χ1v) is 9.41. The Morgan fingerprint density at radius 3 is 2.59 bits per heavy atom. The largest absolute Gasteiger partial charge is 0.456 e. The number of aromatic nitrogens is 2. The third-order valence-electron chi connectivity index (χ3n) is 4.78. The zero-order valence-corrected chi connectivity index (χ0v) is 16.7. The number of carbonyl (C=O) groups is 2. The molecule has 1 aliphatic heterocycles. The highest BCUT2D eigenvalue weighted by Crippen LogP contribution is 2.37. The number of fused-ring (bicyclic) bond motifs is 1. The Morgan fingerprint density at radius 2 is 1.96 bits per heavy atom. The van der Waals surface area contributed by atoms with Crippen molar-refractivity contribution < 1.29 is 19.1 Å². The van der Waals surface area contributed by atoms with Crippen LogP contribution >= 0.6 is 0 Å². The van der Waals surface area contributed by atoms with E-state index in [2.05, 4.69) is 21.8 Å². The minimum Gasteiger partial charge on any atom is -0.456 e. The van der Waals surface area contributed by atoms with Crippen molar-refractivity contribution in [1.29, 1.82) is 0 Å². The average Bonchev–Trinajstić information content (AvgIpc) is 2.96. The summed E-state index contributed by atoms with van der Waals surface area (Å²) in [6.07, 6.45) is 2.47. The van der Waals surface area contributed by atoms with Crippen molar-refractivity contribution in [3.63, 3.8) is 0 Å². The molecule has 148 valence electrons. The number of rotatable bonds is 2. The molecule has 8 nitrogen and oxygen atoms in total. The lowest BCUT2D eigenvalue weighted by molar-refractivity contribution is -0.146. The van der Waals surface area contributed by atoms with Crippen LogP contribution in [0.5, 0.6) is 0 Å². The van der Waals surface area contributed by atoms with Crippen LogP contribution in [0.2, 0.25) is 0 Å². The van der Waals surface area contributed by atoms with Gasteiger partial charge in [0.2, 0.25) is 0 Å². The van der Waals surface area contributed by atoms with Gasteiger partial charge < -0.3 is 19.3 Å². The van der Waals surface area contributed by atoms with Gasteiger partial charge in [0, 0.05) is 38.2 Å². The Bertz CT molecular complexity index is 731. The number of carbonyl (C=O) groups excluding carboxylic acids is 2. The fourth-order valence-electron chi connectivity index (χ4n) is 3.67. The van der Waals surface area contributed by atoms with Gasteiger partial charge in [0.1, 0.15) is 23.9 Å². The molecule has 1 amide bonds. The van der Waals surface area contributed by atoms with Gasteiger partial charge in [-0.05, 0) is 40.5 Å². The van der Waals surface area contributed by atoms with Crippen LogP contribution in [-0.2, 0) is 20.7 Å². The van der Waals surface area contributed by atoms with E-state index in [0.717, 1.165) is 29.9 Å². The van der Waals surface area contributed by atoms with Crippen molar-refractivity contribution in [2.45, 2.75) is 65.2 Å². The number of nitrogens with zero attached hydrogens (tertiary/aromatic N) is 4. The molecule has 2 unspecified atom stereocenters. The SMILES string of the molecule is CC(=O)OC1CCc2c1ncnc2N1CCN(C(=O)OC(C)(C)C)CC1C. The van der Waals surface area contributed by atoms with Crippen molar-refractivity contribution in [1.82, 2.24) is 14.9 Å². The maximum absolute atomic E-state index is 12.3. The predicted octanol–water partition coefficient (Wildman–Crippen LogP) is 2.47. The highest BCUT2D eigenvalue weighted by atomic mass is 16.6. The molecule has 1 fully saturated rings. The van der Waals surface area contributed by atoms with Gasteiger partial charge in [0.25, 0.3) is 0 Å². The zero-order valence-electron chi connectivity index (χ0n) is 16.7. The zero-order chi connectivity index (χ0) is 19.8. The van der Waals surface area contributed by atoms with E-state index < -0.39 is 5.60 Å². The van der Waals surface area contributed by atoms with E-state index in [4.69, 9.17) is 9.47 Å². The number of amides is 1. The summed E-state index contributed by atoms with van der Waals surface area (Å²) in [5, 5.41) is 0. The quantitative estimate of drug-likeness (QED) is 0.733. The summed E-state index contributed by atoms with van der Waals surface area (Å²) in [4.78, 5) is 36.5. The van der Waals surface area contributed by atoms with Crippen LogP contribution in [0, 0.1) is 0 Å². The van der Waals surface area contributed by atoms with Crippen molar-refractivity contribution in [3.05, 3.63) is 17.6 Å². The van der Waals surface area contributed by atoms with E-state index in [1.807, 2.05) is 20.8 Å². The molecule has 1 aromatic rings. The molecule has 0 N–H and O–H groups in total. The second-order valence-electron chi connectivity index (χ2n) is 8.17. The summed E-state index contributed by atoms with van der Waals surface area (Å²) in [5.41, 5.74) is 1.34. The molecule has 8 heteroatoms. The first-order valence-electron chi connectivity index (χ1n) is 9.41. The summed E-state index contributed by atoms with van der Waals surface area (Å²) >= 11 is 0. The summed E-state index contributed by atoms with van der Waals surface area (Å²) < 4.78 is 10.9. The van der Waals surface area contributed by atoms with Gasteiger partial charge in [0.15, 0.2) is 0 Å². The van der Waals surface area contributed by atoms with Gasteiger partial charge in [-0.2, -0.15) is 0 Å². The van der Waals surface area contributed by atoms with Crippen LogP contribution < -0.4 is 4.90 Å². The Balaban J connectivity index is 1.73. The lowest BCUT2D eigenvalue weighted by Crippen LogP contribution is -2.55. The van der Waals surface area contributed by atoms with Crippen molar-refractivity contribution in [2.24, 2.45) is 0 Å². The lowest BCUT2D eigenvalue weighted by Gasteiger charge is -2.41. The molecule has 27 heavy (non-hydrogen) atoms. The smallest absolute Gasteiger partial charge is 0.410 e. The van der Waals surface area contributed by atoms with Gasteiger partial charge >= 0.3 is 12.1 Å². The highest BCUT2D eigenvalue weighted by molar-refractivity contribution is 5.69. The molecular formula is C19H28N4O4. The minimum absolute atomic E-state index is 0.0954. The summed E-state index contributed by atoms with van der Waals surface area (Å²) in [7, 11) is 0. The molecule has 2 aliphatic rings. The molecule has 0 spiro atoms. The Kier molecular flexibility index (Phi) is 5.26. The predicted molar refractivity (Wildman–Crippen MR) is 99.5 cm³/mol. The van der Waals surface area contributed by atoms with E-state index in [0.29, 0.717) is 19.6 Å². The fraction of sp³-hybridized carbons (Fsp3) is 0.684. The minimum atomic E-state index is -0.503. The Hall–Kier alpha value is -2.38. The normalized spacial score (nSPS) is 22.4. The van der Waals surface area contributed by atoms with Gasteiger partial charge in [-0.15, -0.1) is 0 Å². The van der Waals surface area contributed by atoms with Gasteiger partial charge in [0.05, 0.1) is 5.69 Å². The summed E-state index contributed by atoms with van der Waals surface area (Å²) in [6, 6.07) is 0.0954. The first-order chi connectivity index (χ1) is 12.7. The standard InChI is InChI=1S/C19H28N4O4/c1-12-10-22(18(25)27-19(3,4)5)8-9-23(12)17-14-6-7-15(26-13(2)24)16(14)20-11-21-17/h11-12,15H,6-10H2,1-5H3. The second kappa shape index (κ2) is 7.32. The summed E-state index contributed by atoms with van der Waals surface area (Å²) in [5.74, 6) is 0.582. The third kappa shape index (κ3) is 4.31. The molecule has 0 bridgehead atoms. The monoisotopic (exact) mass is 376 g/mol. The highest BCUT2D eigenvalue weighted by Gasteiger charge is 2.35. The van der Waals surface area contributed by atoms with Gasteiger partial charge in [-0.3, -0.25) is 4.79 Å². The van der Waals surface area contributed by atoms with Crippen molar-refractivity contribution >= 4 is 17.9 Å². The van der Waals surface area contributed by atoms with Crippen molar-refractivity contribution in [3.8, 4) is 0 Å². The molecule has 2 heterocycles. The number of hydrogen-bond acceptors (Lipinski definition) is 7. The average molecular weight is 376 g/mol. The molecule has 3 rings (SSSR count). The number of hydrogen-bond donors (Lipinski definition) is 0. The van der Waals surface area contributed by atoms with Crippen LogP contribution in [0.1, 0.15) is 58.4 Å².